The third-order valence-electron chi connectivity index (χ3n) is 3.48. The van der Waals surface area contributed by atoms with E-state index in [1.54, 1.807) is 28.2 Å². The molecule has 0 radical (unpaired) electrons. The lowest BCUT2D eigenvalue weighted by atomic mass is 10.2. The molecule has 0 bridgehead atoms. The molecule has 140 valence electrons. The molecule has 24 heavy (non-hydrogen) atoms. The average molecular weight is 471 g/mol. The topological polar surface area (TPSA) is 68.2 Å². The molecule has 2 amide bonds. The summed E-state index contributed by atoms with van der Waals surface area (Å²) in [5.41, 5.74) is 0. The van der Waals surface area contributed by atoms with Gasteiger partial charge in [0.15, 0.2) is 5.96 Å². The fraction of sp³-hybridized carbons (Fsp3) is 0.800. The van der Waals surface area contributed by atoms with Crippen molar-refractivity contribution in [3.05, 3.63) is 0 Å². The Labute approximate surface area is 166 Å². The molecule has 1 heterocycles. The summed E-state index contributed by atoms with van der Waals surface area (Å²) in [6.45, 7) is 6.32. The van der Waals surface area contributed by atoms with E-state index in [4.69, 9.17) is 0 Å². The highest BCUT2D eigenvalue weighted by Gasteiger charge is 2.29. The van der Waals surface area contributed by atoms with Gasteiger partial charge in [-0.05, 0) is 13.8 Å². The van der Waals surface area contributed by atoms with Gasteiger partial charge in [0.2, 0.25) is 11.8 Å². The lowest BCUT2D eigenvalue weighted by Gasteiger charge is -2.39. The first-order valence-electron chi connectivity index (χ1n) is 7.70. The minimum absolute atomic E-state index is 0. The second kappa shape index (κ2) is 10.3. The van der Waals surface area contributed by atoms with E-state index in [2.05, 4.69) is 29.1 Å². The SMILES string of the molecule is CN(C)C(=O)CN=C(NCC(=O)N(C)C)N1CCSC(C)(C)C1.I. The summed E-state index contributed by atoms with van der Waals surface area (Å²) in [6.07, 6.45) is 0. The van der Waals surface area contributed by atoms with Gasteiger partial charge in [-0.3, -0.25) is 9.59 Å². The summed E-state index contributed by atoms with van der Waals surface area (Å²) in [5.74, 6) is 1.54. The normalized spacial score (nSPS) is 16.9. The predicted octanol–water partition coefficient (Wildman–Crippen LogP) is 0.554. The third kappa shape index (κ3) is 7.91. The number of amides is 2. The largest absolute Gasteiger partial charge is 0.347 e. The first kappa shape index (κ1) is 23.3. The van der Waals surface area contributed by atoms with Gasteiger partial charge in [-0.15, -0.1) is 24.0 Å². The Morgan fingerprint density at radius 2 is 1.75 bits per heavy atom. The molecule has 1 fully saturated rings. The number of carbonyl (C=O) groups excluding carboxylic acids is 2. The number of halogens is 1. The van der Waals surface area contributed by atoms with E-state index in [9.17, 15) is 9.59 Å². The van der Waals surface area contributed by atoms with Crippen LogP contribution >= 0.6 is 35.7 Å². The van der Waals surface area contributed by atoms with Gasteiger partial charge in [0.1, 0.15) is 6.54 Å². The molecule has 1 aliphatic rings. The van der Waals surface area contributed by atoms with E-state index in [0.29, 0.717) is 5.96 Å². The van der Waals surface area contributed by atoms with Gasteiger partial charge < -0.3 is 20.0 Å². The molecule has 0 atom stereocenters. The monoisotopic (exact) mass is 471 g/mol. The number of nitrogens with zero attached hydrogens (tertiary/aromatic N) is 4. The summed E-state index contributed by atoms with van der Waals surface area (Å²) >= 11 is 1.93. The molecule has 9 heteroatoms. The fourth-order valence-corrected chi connectivity index (χ4v) is 3.17. The van der Waals surface area contributed by atoms with Gasteiger partial charge in [0.25, 0.3) is 0 Å². The maximum absolute atomic E-state index is 11.8. The molecule has 0 spiro atoms. The Morgan fingerprint density at radius 1 is 1.17 bits per heavy atom. The van der Waals surface area contributed by atoms with Crippen molar-refractivity contribution < 1.29 is 9.59 Å². The summed E-state index contributed by atoms with van der Waals surface area (Å²) in [4.78, 5) is 33.2. The van der Waals surface area contributed by atoms with Crippen LogP contribution in [-0.2, 0) is 9.59 Å². The van der Waals surface area contributed by atoms with Gasteiger partial charge in [0.05, 0.1) is 6.54 Å². The van der Waals surface area contributed by atoms with Crippen LogP contribution in [-0.4, -0.2) is 97.3 Å². The summed E-state index contributed by atoms with van der Waals surface area (Å²) in [5, 5.41) is 3.11. The van der Waals surface area contributed by atoms with E-state index in [0.717, 1.165) is 18.8 Å². The maximum Gasteiger partial charge on any atom is 0.243 e. The molecule has 0 unspecified atom stereocenters. The van der Waals surface area contributed by atoms with Gasteiger partial charge >= 0.3 is 0 Å². The van der Waals surface area contributed by atoms with Crippen LogP contribution in [0.3, 0.4) is 0 Å². The number of hydrogen-bond donors (Lipinski definition) is 1. The van der Waals surface area contributed by atoms with Crippen molar-refractivity contribution in [3.63, 3.8) is 0 Å². The number of hydrogen-bond acceptors (Lipinski definition) is 4. The Hall–Kier alpha value is -0.710. The maximum atomic E-state index is 11.8. The Balaban J connectivity index is 0.00000529. The standard InChI is InChI=1S/C15H29N5O2S.HI/c1-15(2)11-20(7-8-23-15)14(16-9-12(21)18(3)4)17-10-13(22)19(5)6;/h7-11H2,1-6H3,(H,16,17);1H. The van der Waals surface area contributed by atoms with Crippen LogP contribution in [0.5, 0.6) is 0 Å². The number of carbonyl (C=O) groups is 2. The highest BCUT2D eigenvalue weighted by Crippen LogP contribution is 2.29. The Kier molecular flexibility index (Phi) is 10.0. The van der Waals surface area contributed by atoms with E-state index in [-0.39, 0.29) is 53.6 Å². The van der Waals surface area contributed by atoms with Crippen molar-refractivity contribution in [3.8, 4) is 0 Å². The van der Waals surface area contributed by atoms with Crippen molar-refractivity contribution >= 4 is 53.5 Å². The van der Waals surface area contributed by atoms with Crippen molar-refractivity contribution in [2.45, 2.75) is 18.6 Å². The minimum Gasteiger partial charge on any atom is -0.347 e. The molecule has 1 N–H and O–H groups in total. The number of thioether (sulfide) groups is 1. The van der Waals surface area contributed by atoms with Crippen molar-refractivity contribution in [2.75, 3.05) is 60.1 Å². The molecule has 0 aromatic heterocycles. The van der Waals surface area contributed by atoms with Crippen LogP contribution in [0.2, 0.25) is 0 Å². The molecule has 0 saturated carbocycles. The molecular formula is C15H30IN5O2S. The lowest BCUT2D eigenvalue weighted by Crippen LogP contribution is -2.52. The zero-order chi connectivity index (χ0) is 17.6. The third-order valence-corrected chi connectivity index (χ3v) is 4.78. The average Bonchev–Trinajstić information content (AvgIpc) is 2.45. The highest BCUT2D eigenvalue weighted by atomic mass is 127. The van der Waals surface area contributed by atoms with Crippen molar-refractivity contribution in [1.29, 1.82) is 0 Å². The van der Waals surface area contributed by atoms with E-state index in [1.165, 1.54) is 9.80 Å². The van der Waals surface area contributed by atoms with Gasteiger partial charge in [0, 0.05) is 51.8 Å². The lowest BCUT2D eigenvalue weighted by molar-refractivity contribution is -0.127. The summed E-state index contributed by atoms with van der Waals surface area (Å²) in [6, 6.07) is 0. The fourth-order valence-electron chi connectivity index (χ4n) is 2.06. The van der Waals surface area contributed by atoms with Gasteiger partial charge in [-0.1, -0.05) is 0 Å². The zero-order valence-electron chi connectivity index (χ0n) is 15.5. The number of nitrogens with one attached hydrogen (secondary N) is 1. The second-order valence-corrected chi connectivity index (χ2v) is 8.40. The molecule has 1 saturated heterocycles. The Morgan fingerprint density at radius 3 is 2.25 bits per heavy atom. The number of guanidine groups is 1. The molecule has 1 rings (SSSR count). The van der Waals surface area contributed by atoms with Crippen molar-refractivity contribution in [2.24, 2.45) is 4.99 Å². The zero-order valence-corrected chi connectivity index (χ0v) is 18.6. The summed E-state index contributed by atoms with van der Waals surface area (Å²) in [7, 11) is 6.86. The number of likely N-dealkylation sites (N-methyl/N-ethyl adjacent to an activating group) is 2. The van der Waals surface area contributed by atoms with Gasteiger partial charge in [-0.25, -0.2) is 4.99 Å². The van der Waals surface area contributed by atoms with Crippen LogP contribution in [0.25, 0.3) is 0 Å². The predicted molar refractivity (Wildman–Crippen MR) is 111 cm³/mol. The molecule has 7 nitrogen and oxygen atoms in total. The van der Waals surface area contributed by atoms with E-state index < -0.39 is 0 Å². The molecule has 1 aliphatic heterocycles. The number of aliphatic imine (C=N–C) groups is 1. The molecule has 0 aliphatic carbocycles. The summed E-state index contributed by atoms with van der Waals surface area (Å²) < 4.78 is 0.123. The minimum atomic E-state index is -0.0612. The van der Waals surface area contributed by atoms with Crippen molar-refractivity contribution in [1.82, 2.24) is 20.0 Å². The van der Waals surface area contributed by atoms with Crippen LogP contribution in [0.4, 0.5) is 0 Å². The molecule has 0 aromatic carbocycles. The van der Waals surface area contributed by atoms with Crippen LogP contribution in [0, 0.1) is 0 Å². The van der Waals surface area contributed by atoms with Crippen LogP contribution in [0.1, 0.15) is 13.8 Å². The van der Waals surface area contributed by atoms with Crippen LogP contribution < -0.4 is 5.32 Å². The quantitative estimate of drug-likeness (QED) is 0.369. The first-order valence-corrected chi connectivity index (χ1v) is 8.68. The van der Waals surface area contributed by atoms with E-state index >= 15 is 0 Å². The first-order chi connectivity index (χ1) is 10.6. The smallest absolute Gasteiger partial charge is 0.243 e. The molecular weight excluding hydrogens is 441 g/mol. The highest BCUT2D eigenvalue weighted by molar-refractivity contribution is 14.0. The molecule has 0 aromatic rings. The van der Waals surface area contributed by atoms with Gasteiger partial charge in [-0.2, -0.15) is 11.8 Å². The number of rotatable bonds is 4. The van der Waals surface area contributed by atoms with E-state index in [1.807, 2.05) is 11.8 Å². The van der Waals surface area contributed by atoms with Crippen LogP contribution in [0.15, 0.2) is 4.99 Å². The second-order valence-electron chi connectivity index (χ2n) is 6.60. The Bertz CT molecular complexity index is 469.